The maximum Gasteiger partial charge on any atom is 0.200 e. The highest BCUT2D eigenvalue weighted by Gasteiger charge is 2.55. The van der Waals surface area contributed by atoms with Gasteiger partial charge in [0.25, 0.3) is 0 Å². The summed E-state index contributed by atoms with van der Waals surface area (Å²) in [6.07, 6.45) is 0.801. The lowest BCUT2D eigenvalue weighted by Gasteiger charge is -2.39. The first kappa shape index (κ1) is 10.6. The standard InChI is InChI=1S/C11H15FO4/c12-8-7-16-10(9(8)13)1-3-11(4-2-10)14-5-6-15-11/h8H,1-7H2. The van der Waals surface area contributed by atoms with Gasteiger partial charge in [-0.15, -0.1) is 0 Å². The van der Waals surface area contributed by atoms with Crippen LogP contribution in [0.5, 0.6) is 0 Å². The number of alkyl halides is 1. The van der Waals surface area contributed by atoms with E-state index < -0.39 is 17.6 Å². The highest BCUT2D eigenvalue weighted by atomic mass is 19.1. The highest BCUT2D eigenvalue weighted by Crippen LogP contribution is 2.44. The second kappa shape index (κ2) is 3.48. The minimum Gasteiger partial charge on any atom is -0.364 e. The summed E-state index contributed by atoms with van der Waals surface area (Å²) < 4.78 is 29.7. The van der Waals surface area contributed by atoms with Gasteiger partial charge in [0.15, 0.2) is 12.0 Å². The molecule has 3 rings (SSSR count). The van der Waals surface area contributed by atoms with Crippen LogP contribution in [0, 0.1) is 0 Å². The van der Waals surface area contributed by atoms with E-state index in [-0.39, 0.29) is 12.4 Å². The van der Waals surface area contributed by atoms with Crippen molar-refractivity contribution in [1.29, 1.82) is 0 Å². The quantitative estimate of drug-likeness (QED) is 0.622. The summed E-state index contributed by atoms with van der Waals surface area (Å²) in [5, 5.41) is 0. The molecule has 3 aliphatic rings. The molecule has 4 nitrogen and oxygen atoms in total. The van der Waals surface area contributed by atoms with Crippen LogP contribution in [0.25, 0.3) is 0 Å². The monoisotopic (exact) mass is 230 g/mol. The van der Waals surface area contributed by atoms with Gasteiger partial charge in [-0.2, -0.15) is 0 Å². The third kappa shape index (κ3) is 1.42. The zero-order valence-corrected chi connectivity index (χ0v) is 9.04. The molecular weight excluding hydrogens is 215 g/mol. The van der Waals surface area contributed by atoms with Crippen LogP contribution >= 0.6 is 0 Å². The number of Topliss-reactive ketones (excluding diaryl/α,β-unsaturated/α-hetero) is 1. The van der Waals surface area contributed by atoms with E-state index >= 15 is 0 Å². The van der Waals surface area contributed by atoms with Gasteiger partial charge in [0.05, 0.1) is 19.8 Å². The fourth-order valence-electron chi connectivity index (χ4n) is 2.88. The van der Waals surface area contributed by atoms with E-state index in [1.54, 1.807) is 0 Å². The number of halogens is 1. The minimum absolute atomic E-state index is 0.0897. The van der Waals surface area contributed by atoms with Crippen molar-refractivity contribution in [2.24, 2.45) is 0 Å². The van der Waals surface area contributed by atoms with Gasteiger partial charge in [-0.25, -0.2) is 4.39 Å². The van der Waals surface area contributed by atoms with Crippen molar-refractivity contribution in [2.45, 2.75) is 43.2 Å². The number of ketones is 1. The second-order valence-corrected chi connectivity index (χ2v) is 4.74. The molecule has 1 aliphatic carbocycles. The summed E-state index contributed by atoms with van der Waals surface area (Å²) in [6.45, 7) is 1.12. The molecule has 3 fully saturated rings. The predicted octanol–water partition coefficient (Wildman–Crippen LogP) is 0.980. The number of ether oxygens (including phenoxy) is 3. The minimum atomic E-state index is -1.44. The first-order valence-corrected chi connectivity index (χ1v) is 5.76. The van der Waals surface area contributed by atoms with E-state index in [1.807, 2.05) is 0 Å². The van der Waals surface area contributed by atoms with E-state index in [9.17, 15) is 9.18 Å². The van der Waals surface area contributed by atoms with Crippen LogP contribution in [-0.2, 0) is 19.0 Å². The summed E-state index contributed by atoms with van der Waals surface area (Å²) >= 11 is 0. The predicted molar refractivity (Wildman–Crippen MR) is 51.7 cm³/mol. The molecule has 2 aliphatic heterocycles. The Bertz CT molecular complexity index is 301. The van der Waals surface area contributed by atoms with Crippen LogP contribution in [0.2, 0.25) is 0 Å². The number of carbonyl (C=O) groups is 1. The Hall–Kier alpha value is -0.520. The SMILES string of the molecule is O=C1C(F)COC12CCC1(CC2)OCCO1. The number of carbonyl (C=O) groups excluding carboxylic acids is 1. The lowest BCUT2D eigenvalue weighted by molar-refractivity contribution is -0.203. The molecule has 0 amide bonds. The van der Waals surface area contributed by atoms with Crippen LogP contribution in [-0.4, -0.2) is 43.2 Å². The van der Waals surface area contributed by atoms with E-state index in [0.29, 0.717) is 38.9 Å². The second-order valence-electron chi connectivity index (χ2n) is 4.74. The Morgan fingerprint density at radius 2 is 1.69 bits per heavy atom. The van der Waals surface area contributed by atoms with E-state index in [1.165, 1.54) is 0 Å². The molecule has 0 N–H and O–H groups in total. The van der Waals surface area contributed by atoms with E-state index in [0.717, 1.165) is 0 Å². The van der Waals surface area contributed by atoms with Crippen molar-refractivity contribution in [1.82, 2.24) is 0 Å². The molecule has 1 atom stereocenters. The van der Waals surface area contributed by atoms with Gasteiger partial charge in [0.2, 0.25) is 5.78 Å². The molecule has 2 saturated heterocycles. The van der Waals surface area contributed by atoms with Crippen molar-refractivity contribution < 1.29 is 23.4 Å². The van der Waals surface area contributed by atoms with Gasteiger partial charge in [0.1, 0.15) is 5.60 Å². The number of rotatable bonds is 0. The molecule has 0 aromatic rings. The average molecular weight is 230 g/mol. The Labute approximate surface area is 93.0 Å². The highest BCUT2D eigenvalue weighted by molar-refractivity contribution is 5.93. The van der Waals surface area contributed by atoms with Crippen LogP contribution in [0.3, 0.4) is 0 Å². The van der Waals surface area contributed by atoms with Crippen molar-refractivity contribution in [3.8, 4) is 0 Å². The molecule has 0 aromatic carbocycles. The molecule has 0 radical (unpaired) electrons. The molecule has 5 heteroatoms. The maximum atomic E-state index is 13.2. The van der Waals surface area contributed by atoms with E-state index in [4.69, 9.17) is 14.2 Å². The van der Waals surface area contributed by atoms with Gasteiger partial charge in [-0.3, -0.25) is 4.79 Å². The normalized spacial score (nSPS) is 36.3. The first-order chi connectivity index (χ1) is 7.66. The van der Waals surface area contributed by atoms with E-state index in [2.05, 4.69) is 0 Å². The van der Waals surface area contributed by atoms with Gasteiger partial charge < -0.3 is 14.2 Å². The van der Waals surface area contributed by atoms with Crippen LogP contribution in [0.15, 0.2) is 0 Å². The fraction of sp³-hybridized carbons (Fsp3) is 0.909. The molecule has 16 heavy (non-hydrogen) atoms. The molecule has 1 unspecified atom stereocenters. The zero-order valence-electron chi connectivity index (χ0n) is 9.04. The Morgan fingerprint density at radius 3 is 2.19 bits per heavy atom. The lowest BCUT2D eigenvalue weighted by Crippen LogP contribution is -2.47. The largest absolute Gasteiger partial charge is 0.364 e. The van der Waals surface area contributed by atoms with Gasteiger partial charge in [-0.1, -0.05) is 0 Å². The first-order valence-electron chi connectivity index (χ1n) is 5.76. The van der Waals surface area contributed by atoms with Crippen molar-refractivity contribution in [3.05, 3.63) is 0 Å². The summed E-state index contributed by atoms with van der Waals surface area (Å²) in [4.78, 5) is 11.7. The molecule has 0 aromatic heterocycles. The Kier molecular flexibility index (Phi) is 2.31. The van der Waals surface area contributed by atoms with Crippen LogP contribution in [0.4, 0.5) is 4.39 Å². The summed E-state index contributed by atoms with van der Waals surface area (Å²) in [7, 11) is 0. The molecule has 1 saturated carbocycles. The molecule has 2 spiro atoms. The zero-order chi connectivity index (χ0) is 11.2. The Balaban J connectivity index is 1.72. The Morgan fingerprint density at radius 1 is 1.06 bits per heavy atom. The molecule has 0 bridgehead atoms. The van der Waals surface area contributed by atoms with Crippen molar-refractivity contribution >= 4 is 5.78 Å². The number of hydrogen-bond donors (Lipinski definition) is 0. The number of hydrogen-bond acceptors (Lipinski definition) is 4. The van der Waals surface area contributed by atoms with Gasteiger partial charge in [-0.05, 0) is 12.8 Å². The topological polar surface area (TPSA) is 44.8 Å². The van der Waals surface area contributed by atoms with Gasteiger partial charge >= 0.3 is 0 Å². The molecular formula is C11H15FO4. The smallest absolute Gasteiger partial charge is 0.200 e. The third-order valence-electron chi connectivity index (χ3n) is 3.87. The van der Waals surface area contributed by atoms with Crippen molar-refractivity contribution in [2.75, 3.05) is 19.8 Å². The van der Waals surface area contributed by atoms with Crippen LogP contribution < -0.4 is 0 Å². The summed E-state index contributed by atoms with van der Waals surface area (Å²) in [5.74, 6) is -0.913. The third-order valence-corrected chi connectivity index (χ3v) is 3.87. The summed E-state index contributed by atoms with van der Waals surface area (Å²) in [6, 6.07) is 0. The fourth-order valence-corrected chi connectivity index (χ4v) is 2.88. The maximum absolute atomic E-state index is 13.2. The molecule has 90 valence electrons. The summed E-state index contributed by atoms with van der Waals surface area (Å²) in [5.41, 5.74) is -0.889. The lowest BCUT2D eigenvalue weighted by atomic mass is 9.79. The van der Waals surface area contributed by atoms with Crippen LogP contribution in [0.1, 0.15) is 25.7 Å². The average Bonchev–Trinajstić information content (AvgIpc) is 2.85. The molecule has 2 heterocycles. The van der Waals surface area contributed by atoms with Crippen molar-refractivity contribution in [3.63, 3.8) is 0 Å². The van der Waals surface area contributed by atoms with Gasteiger partial charge in [0, 0.05) is 12.8 Å².